The normalized spacial score (nSPS) is 23.5. The molecule has 0 bridgehead atoms. The van der Waals surface area contributed by atoms with Gasteiger partial charge in [0.05, 0.1) is 0 Å². The van der Waals surface area contributed by atoms with Crippen LogP contribution in [0, 0.1) is 0 Å². The lowest BCUT2D eigenvalue weighted by Crippen LogP contribution is -2.46. The van der Waals surface area contributed by atoms with Gasteiger partial charge in [-0.15, -0.1) is 10.2 Å². The molecule has 0 saturated heterocycles. The summed E-state index contributed by atoms with van der Waals surface area (Å²) in [6.45, 7) is 5.35. The highest BCUT2D eigenvalue weighted by Gasteiger charge is 2.26. The average Bonchev–Trinajstić information content (AvgIpc) is 2.97. The third-order valence-corrected chi connectivity index (χ3v) is 5.89. The molecule has 1 aliphatic rings. The van der Waals surface area contributed by atoms with Gasteiger partial charge in [-0.2, -0.15) is 0 Å². The molecule has 0 amide bonds. The van der Waals surface area contributed by atoms with Crippen LogP contribution in [-0.4, -0.2) is 48.5 Å². The van der Waals surface area contributed by atoms with Gasteiger partial charge < -0.3 is 15.2 Å². The molecule has 1 saturated carbocycles. The van der Waals surface area contributed by atoms with E-state index < -0.39 is 10.8 Å². The number of nitrogens with one attached hydrogen (secondary N) is 2. The fraction of sp³-hybridized carbons (Fsp3) is 0.800. The summed E-state index contributed by atoms with van der Waals surface area (Å²) in [5.41, 5.74) is 0. The average molecular weight is 340 g/mol. The smallest absolute Gasteiger partial charge is 0.191 e. The summed E-state index contributed by atoms with van der Waals surface area (Å²) in [6.07, 6.45) is 5.93. The van der Waals surface area contributed by atoms with Gasteiger partial charge in [0.25, 0.3) is 0 Å². The predicted molar refractivity (Wildman–Crippen MR) is 93.7 cm³/mol. The van der Waals surface area contributed by atoms with Gasteiger partial charge in [-0.25, -0.2) is 4.99 Å². The monoisotopic (exact) mass is 340 g/mol. The van der Waals surface area contributed by atoms with E-state index in [1.54, 1.807) is 6.33 Å². The summed E-state index contributed by atoms with van der Waals surface area (Å²) >= 11 is 0. The van der Waals surface area contributed by atoms with Crippen LogP contribution in [0.5, 0.6) is 0 Å². The Kier molecular flexibility index (Phi) is 7.01. The molecule has 1 aliphatic carbocycles. The molecule has 1 aromatic rings. The van der Waals surface area contributed by atoms with E-state index in [4.69, 9.17) is 0 Å². The maximum absolute atomic E-state index is 12.1. The molecule has 0 spiro atoms. The summed E-state index contributed by atoms with van der Waals surface area (Å²) in [6, 6.07) is 0.335. The molecule has 23 heavy (non-hydrogen) atoms. The molecule has 3 atom stereocenters. The first-order valence-corrected chi connectivity index (χ1v) is 9.77. The zero-order chi connectivity index (χ0) is 16.7. The molecular formula is C15H28N6OS. The molecule has 2 N–H and O–H groups in total. The van der Waals surface area contributed by atoms with Gasteiger partial charge in [-0.3, -0.25) is 4.21 Å². The van der Waals surface area contributed by atoms with E-state index in [-0.39, 0.29) is 0 Å². The zero-order valence-electron chi connectivity index (χ0n) is 14.3. The molecule has 8 heteroatoms. The van der Waals surface area contributed by atoms with Crippen LogP contribution in [0.15, 0.2) is 11.3 Å². The zero-order valence-corrected chi connectivity index (χ0v) is 15.1. The van der Waals surface area contributed by atoms with E-state index in [1.807, 2.05) is 18.5 Å². The van der Waals surface area contributed by atoms with Gasteiger partial charge in [0.15, 0.2) is 11.8 Å². The van der Waals surface area contributed by atoms with Gasteiger partial charge in [-0.05, 0) is 26.2 Å². The summed E-state index contributed by atoms with van der Waals surface area (Å²) in [5, 5.41) is 15.0. The Morgan fingerprint density at radius 2 is 2.30 bits per heavy atom. The molecule has 7 nitrogen and oxygen atoms in total. The Labute approximate surface area is 140 Å². The highest BCUT2D eigenvalue weighted by Crippen LogP contribution is 2.22. The van der Waals surface area contributed by atoms with Crippen LogP contribution in [0.1, 0.15) is 45.4 Å². The van der Waals surface area contributed by atoms with E-state index in [9.17, 15) is 4.21 Å². The van der Waals surface area contributed by atoms with Crippen LogP contribution >= 0.6 is 0 Å². The Morgan fingerprint density at radius 1 is 1.48 bits per heavy atom. The summed E-state index contributed by atoms with van der Waals surface area (Å²) in [5.74, 6) is 2.37. The number of aryl methyl sites for hydroxylation is 1. The first-order chi connectivity index (χ1) is 11.1. The summed E-state index contributed by atoms with van der Waals surface area (Å²) in [7, 11) is 1.21. The van der Waals surface area contributed by atoms with Gasteiger partial charge in [0.2, 0.25) is 0 Å². The Morgan fingerprint density at radius 3 is 2.96 bits per heavy atom. The lowest BCUT2D eigenvalue weighted by Gasteiger charge is -2.30. The number of guanidine groups is 1. The molecular weight excluding hydrogens is 312 g/mol. The lowest BCUT2D eigenvalue weighted by molar-refractivity contribution is 0.413. The van der Waals surface area contributed by atoms with E-state index in [1.165, 1.54) is 0 Å². The van der Waals surface area contributed by atoms with E-state index in [0.717, 1.165) is 49.8 Å². The minimum absolute atomic E-state index is 0.313. The lowest BCUT2D eigenvalue weighted by atomic mass is 9.95. The van der Waals surface area contributed by atoms with E-state index in [2.05, 4.69) is 32.7 Å². The van der Waals surface area contributed by atoms with Crippen molar-refractivity contribution in [3.8, 4) is 0 Å². The first-order valence-electron chi connectivity index (χ1n) is 8.38. The Balaban J connectivity index is 1.95. The van der Waals surface area contributed by atoms with Crippen LogP contribution in [0.4, 0.5) is 0 Å². The highest BCUT2D eigenvalue weighted by atomic mass is 32.2. The van der Waals surface area contributed by atoms with Gasteiger partial charge >= 0.3 is 0 Å². The van der Waals surface area contributed by atoms with Gasteiger partial charge in [0, 0.05) is 41.4 Å². The SMILES string of the molecule is CCNC(=NCc1nncn1C)NC1CCCC(S(=O)CC)C1. The Bertz CT molecular complexity index is 544. The van der Waals surface area contributed by atoms with Crippen molar-refractivity contribution < 1.29 is 4.21 Å². The van der Waals surface area contributed by atoms with Crippen LogP contribution in [0.2, 0.25) is 0 Å². The van der Waals surface area contributed by atoms with Crippen molar-refractivity contribution in [2.75, 3.05) is 12.3 Å². The largest absolute Gasteiger partial charge is 0.357 e. The number of nitrogens with zero attached hydrogens (tertiary/aromatic N) is 4. The second kappa shape index (κ2) is 9.00. The van der Waals surface area contributed by atoms with Crippen molar-refractivity contribution in [1.29, 1.82) is 0 Å². The Hall–Kier alpha value is -1.44. The molecule has 2 rings (SSSR count). The van der Waals surface area contributed by atoms with Gasteiger partial charge in [0.1, 0.15) is 12.9 Å². The molecule has 1 aromatic heterocycles. The minimum Gasteiger partial charge on any atom is -0.357 e. The quantitative estimate of drug-likeness (QED) is 0.595. The van der Waals surface area contributed by atoms with Crippen LogP contribution in [0.3, 0.4) is 0 Å². The van der Waals surface area contributed by atoms with Gasteiger partial charge in [-0.1, -0.05) is 13.3 Å². The molecule has 1 heterocycles. The number of aromatic nitrogens is 3. The molecule has 0 aromatic carbocycles. The maximum atomic E-state index is 12.1. The van der Waals surface area contributed by atoms with Crippen molar-refractivity contribution in [2.24, 2.45) is 12.0 Å². The molecule has 3 unspecified atom stereocenters. The second-order valence-electron chi connectivity index (χ2n) is 5.85. The van der Waals surface area contributed by atoms with Crippen molar-refractivity contribution in [3.05, 3.63) is 12.2 Å². The molecule has 130 valence electrons. The van der Waals surface area contributed by atoms with E-state index in [0.29, 0.717) is 17.8 Å². The third kappa shape index (κ3) is 5.30. The highest BCUT2D eigenvalue weighted by molar-refractivity contribution is 7.85. The maximum Gasteiger partial charge on any atom is 0.191 e. The van der Waals surface area contributed by atoms with Crippen molar-refractivity contribution >= 4 is 16.8 Å². The van der Waals surface area contributed by atoms with Crippen molar-refractivity contribution in [3.63, 3.8) is 0 Å². The summed E-state index contributed by atoms with van der Waals surface area (Å²) < 4.78 is 13.9. The third-order valence-electron chi connectivity index (χ3n) is 4.15. The first kappa shape index (κ1) is 17.9. The van der Waals surface area contributed by atoms with Crippen LogP contribution in [0.25, 0.3) is 0 Å². The van der Waals surface area contributed by atoms with Crippen molar-refractivity contribution in [1.82, 2.24) is 25.4 Å². The predicted octanol–water partition coefficient (Wildman–Crippen LogP) is 0.950. The number of rotatable bonds is 6. The number of hydrogen-bond donors (Lipinski definition) is 2. The molecule has 0 radical (unpaired) electrons. The molecule has 0 aliphatic heterocycles. The fourth-order valence-electron chi connectivity index (χ4n) is 2.86. The summed E-state index contributed by atoms with van der Waals surface area (Å²) in [4.78, 5) is 4.60. The van der Waals surface area contributed by atoms with Crippen LogP contribution in [-0.2, 0) is 24.4 Å². The van der Waals surface area contributed by atoms with E-state index >= 15 is 0 Å². The number of aliphatic imine (C=N–C) groups is 1. The topological polar surface area (TPSA) is 84.2 Å². The van der Waals surface area contributed by atoms with Crippen LogP contribution < -0.4 is 10.6 Å². The number of hydrogen-bond acceptors (Lipinski definition) is 4. The van der Waals surface area contributed by atoms with Crippen molar-refractivity contribution in [2.45, 2.75) is 57.4 Å². The minimum atomic E-state index is -0.706. The fourth-order valence-corrected chi connectivity index (χ4v) is 4.21. The molecule has 1 fully saturated rings. The standard InChI is InChI=1S/C15H28N6OS/c1-4-16-15(17-10-14-20-18-11-21(14)3)19-12-7-6-8-13(9-12)23(22)5-2/h11-13H,4-10H2,1-3H3,(H2,16,17,19). The second-order valence-corrected chi connectivity index (χ2v) is 7.86.